The molecular formula is C12H17NO3. The smallest absolute Gasteiger partial charge is 0.317 e. The maximum atomic E-state index is 10.5. The van der Waals surface area contributed by atoms with Gasteiger partial charge in [0.15, 0.2) is 0 Å². The molecule has 1 rings (SSSR count). The molecule has 1 N–H and O–H groups in total. The van der Waals surface area contributed by atoms with Crippen LogP contribution in [0, 0.1) is 6.92 Å². The number of methoxy groups -OCH3 is 1. The van der Waals surface area contributed by atoms with Crippen molar-refractivity contribution in [3.8, 4) is 5.75 Å². The highest BCUT2D eigenvalue weighted by molar-refractivity contribution is 5.69. The maximum absolute atomic E-state index is 10.5. The Morgan fingerprint density at radius 2 is 2.19 bits per heavy atom. The molecule has 0 atom stereocenters. The van der Waals surface area contributed by atoms with E-state index >= 15 is 0 Å². The first kappa shape index (κ1) is 12.5. The van der Waals surface area contributed by atoms with E-state index < -0.39 is 5.97 Å². The van der Waals surface area contributed by atoms with Gasteiger partial charge in [0.05, 0.1) is 13.7 Å². The normalized spacial score (nSPS) is 10.5. The van der Waals surface area contributed by atoms with Gasteiger partial charge < -0.3 is 9.84 Å². The number of likely N-dealkylation sites (N-methyl/N-ethyl adjacent to an activating group) is 1. The molecule has 1 aromatic carbocycles. The SMILES string of the molecule is COc1ccc(C)cc1CN(C)CC(=O)O. The van der Waals surface area contributed by atoms with Crippen LogP contribution < -0.4 is 4.74 Å². The van der Waals surface area contributed by atoms with Gasteiger partial charge >= 0.3 is 5.97 Å². The highest BCUT2D eigenvalue weighted by Crippen LogP contribution is 2.20. The van der Waals surface area contributed by atoms with Crippen molar-refractivity contribution in [3.63, 3.8) is 0 Å². The Hall–Kier alpha value is -1.55. The molecule has 0 heterocycles. The van der Waals surface area contributed by atoms with E-state index in [1.54, 1.807) is 19.1 Å². The first-order chi connectivity index (χ1) is 7.52. The van der Waals surface area contributed by atoms with E-state index in [2.05, 4.69) is 0 Å². The van der Waals surface area contributed by atoms with Crippen molar-refractivity contribution in [1.29, 1.82) is 0 Å². The number of aryl methyl sites for hydroxylation is 1. The van der Waals surface area contributed by atoms with Crippen LogP contribution in [0.25, 0.3) is 0 Å². The molecule has 0 unspecified atom stereocenters. The van der Waals surface area contributed by atoms with Gasteiger partial charge in [-0.25, -0.2) is 0 Å². The molecule has 1 aromatic rings. The molecule has 4 heteroatoms. The van der Waals surface area contributed by atoms with E-state index in [4.69, 9.17) is 9.84 Å². The summed E-state index contributed by atoms with van der Waals surface area (Å²) < 4.78 is 5.23. The molecule has 0 aliphatic carbocycles. The number of carbonyl (C=O) groups is 1. The van der Waals surface area contributed by atoms with Gasteiger partial charge in [-0.15, -0.1) is 0 Å². The van der Waals surface area contributed by atoms with E-state index in [0.717, 1.165) is 16.9 Å². The lowest BCUT2D eigenvalue weighted by molar-refractivity contribution is -0.138. The number of ether oxygens (including phenoxy) is 1. The number of nitrogens with zero attached hydrogens (tertiary/aromatic N) is 1. The van der Waals surface area contributed by atoms with Crippen LogP contribution in [0.3, 0.4) is 0 Å². The van der Waals surface area contributed by atoms with Crippen LogP contribution in [0.5, 0.6) is 5.75 Å². The third-order valence-electron chi connectivity index (χ3n) is 2.28. The molecule has 0 aromatic heterocycles. The lowest BCUT2D eigenvalue weighted by atomic mass is 10.1. The summed E-state index contributed by atoms with van der Waals surface area (Å²) in [5, 5.41) is 8.67. The lowest BCUT2D eigenvalue weighted by Crippen LogP contribution is -2.25. The maximum Gasteiger partial charge on any atom is 0.317 e. The molecule has 88 valence electrons. The average Bonchev–Trinajstić information content (AvgIpc) is 2.16. The Morgan fingerprint density at radius 1 is 1.50 bits per heavy atom. The van der Waals surface area contributed by atoms with Gasteiger partial charge in [-0.1, -0.05) is 17.7 Å². The van der Waals surface area contributed by atoms with Crippen LogP contribution >= 0.6 is 0 Å². The summed E-state index contributed by atoms with van der Waals surface area (Å²) in [6, 6.07) is 5.88. The Balaban J connectivity index is 2.78. The third-order valence-corrected chi connectivity index (χ3v) is 2.28. The second kappa shape index (κ2) is 5.51. The largest absolute Gasteiger partial charge is 0.496 e. The number of hydrogen-bond acceptors (Lipinski definition) is 3. The van der Waals surface area contributed by atoms with Gasteiger partial charge in [0.2, 0.25) is 0 Å². The number of carboxylic acid groups (broad SMARTS) is 1. The van der Waals surface area contributed by atoms with Gasteiger partial charge in [0, 0.05) is 12.1 Å². The molecule has 0 radical (unpaired) electrons. The Labute approximate surface area is 95.5 Å². The number of carboxylic acids is 1. The fourth-order valence-corrected chi connectivity index (χ4v) is 1.61. The first-order valence-corrected chi connectivity index (χ1v) is 5.06. The molecule has 0 amide bonds. The summed E-state index contributed by atoms with van der Waals surface area (Å²) in [5.74, 6) is -0.0306. The van der Waals surface area contributed by atoms with Crippen LogP contribution in [0.4, 0.5) is 0 Å². The summed E-state index contributed by atoms with van der Waals surface area (Å²) in [6.45, 7) is 2.59. The summed E-state index contributed by atoms with van der Waals surface area (Å²) in [5.41, 5.74) is 2.14. The number of hydrogen-bond donors (Lipinski definition) is 1. The van der Waals surface area contributed by atoms with Gasteiger partial charge in [-0.05, 0) is 20.0 Å². The fourth-order valence-electron chi connectivity index (χ4n) is 1.61. The van der Waals surface area contributed by atoms with Gasteiger partial charge in [-0.2, -0.15) is 0 Å². The van der Waals surface area contributed by atoms with Crippen molar-refractivity contribution in [2.45, 2.75) is 13.5 Å². The van der Waals surface area contributed by atoms with E-state index in [9.17, 15) is 4.79 Å². The van der Waals surface area contributed by atoms with Crippen LogP contribution in [0.2, 0.25) is 0 Å². The third kappa shape index (κ3) is 3.55. The lowest BCUT2D eigenvalue weighted by Gasteiger charge is -2.16. The first-order valence-electron chi connectivity index (χ1n) is 5.06. The highest BCUT2D eigenvalue weighted by atomic mass is 16.5. The van der Waals surface area contributed by atoms with E-state index in [1.807, 2.05) is 25.1 Å². The summed E-state index contributed by atoms with van der Waals surface area (Å²) in [6.07, 6.45) is 0. The minimum Gasteiger partial charge on any atom is -0.496 e. The van der Waals surface area contributed by atoms with Crippen LogP contribution in [0.15, 0.2) is 18.2 Å². The minimum absolute atomic E-state index is 0.0249. The molecule has 0 spiro atoms. The molecule has 0 aliphatic rings. The van der Waals surface area contributed by atoms with Crippen LogP contribution in [-0.4, -0.2) is 36.7 Å². The quantitative estimate of drug-likeness (QED) is 0.822. The van der Waals surface area contributed by atoms with Crippen molar-refractivity contribution >= 4 is 5.97 Å². The van der Waals surface area contributed by atoms with Crippen molar-refractivity contribution in [2.24, 2.45) is 0 Å². The zero-order valence-electron chi connectivity index (χ0n) is 9.86. The van der Waals surface area contributed by atoms with Crippen LogP contribution in [0.1, 0.15) is 11.1 Å². The van der Waals surface area contributed by atoms with E-state index in [0.29, 0.717) is 6.54 Å². The second-order valence-electron chi connectivity index (χ2n) is 3.88. The summed E-state index contributed by atoms with van der Waals surface area (Å²) in [7, 11) is 3.39. The number of aliphatic carboxylic acids is 1. The summed E-state index contributed by atoms with van der Waals surface area (Å²) >= 11 is 0. The Bertz CT molecular complexity index is 377. The zero-order chi connectivity index (χ0) is 12.1. The number of rotatable bonds is 5. The Kier molecular flexibility index (Phi) is 4.31. The predicted molar refractivity (Wildman–Crippen MR) is 61.7 cm³/mol. The van der Waals surface area contributed by atoms with E-state index in [-0.39, 0.29) is 6.54 Å². The zero-order valence-corrected chi connectivity index (χ0v) is 9.86. The van der Waals surface area contributed by atoms with Crippen molar-refractivity contribution in [3.05, 3.63) is 29.3 Å². The fraction of sp³-hybridized carbons (Fsp3) is 0.417. The minimum atomic E-state index is -0.825. The molecule has 0 saturated heterocycles. The standard InChI is InChI=1S/C12H17NO3/c1-9-4-5-11(16-3)10(6-9)7-13(2)8-12(14)15/h4-6H,7-8H2,1-3H3,(H,14,15). The molecular weight excluding hydrogens is 206 g/mol. The second-order valence-corrected chi connectivity index (χ2v) is 3.88. The molecule has 0 fully saturated rings. The highest BCUT2D eigenvalue weighted by Gasteiger charge is 2.09. The molecule has 0 saturated carbocycles. The van der Waals surface area contributed by atoms with Crippen molar-refractivity contribution in [1.82, 2.24) is 4.90 Å². The number of benzene rings is 1. The van der Waals surface area contributed by atoms with Crippen molar-refractivity contribution in [2.75, 3.05) is 20.7 Å². The molecule has 4 nitrogen and oxygen atoms in total. The molecule has 0 aliphatic heterocycles. The Morgan fingerprint density at radius 3 is 2.75 bits per heavy atom. The van der Waals surface area contributed by atoms with Gasteiger partial charge in [-0.3, -0.25) is 9.69 Å². The molecule has 16 heavy (non-hydrogen) atoms. The van der Waals surface area contributed by atoms with Gasteiger partial charge in [0.1, 0.15) is 5.75 Å². The predicted octanol–water partition coefficient (Wildman–Crippen LogP) is 1.52. The van der Waals surface area contributed by atoms with Crippen molar-refractivity contribution < 1.29 is 14.6 Å². The summed E-state index contributed by atoms with van der Waals surface area (Å²) in [4.78, 5) is 12.3. The van der Waals surface area contributed by atoms with Crippen LogP contribution in [-0.2, 0) is 11.3 Å². The molecule has 0 bridgehead atoms. The van der Waals surface area contributed by atoms with E-state index in [1.165, 1.54) is 0 Å². The average molecular weight is 223 g/mol. The monoisotopic (exact) mass is 223 g/mol. The topological polar surface area (TPSA) is 49.8 Å². The van der Waals surface area contributed by atoms with Gasteiger partial charge in [0.25, 0.3) is 0 Å².